The highest BCUT2D eigenvalue weighted by Gasteiger charge is 2.56. The third-order valence-corrected chi connectivity index (χ3v) is 3.57. The Hall–Kier alpha value is -0.790. The van der Waals surface area contributed by atoms with Gasteiger partial charge >= 0.3 is 5.97 Å². The maximum absolute atomic E-state index is 11.2. The molecule has 13 heavy (non-hydrogen) atoms. The first-order valence-electron chi connectivity index (χ1n) is 5.02. The van der Waals surface area contributed by atoms with Crippen molar-refractivity contribution in [2.24, 2.45) is 17.3 Å². The van der Waals surface area contributed by atoms with Gasteiger partial charge < -0.3 is 5.11 Å². The van der Waals surface area contributed by atoms with Gasteiger partial charge in [-0.05, 0) is 44.4 Å². The fraction of sp³-hybridized carbons (Fsp3) is 0.727. The minimum Gasteiger partial charge on any atom is -0.481 e. The molecule has 0 aromatic carbocycles. The van der Waals surface area contributed by atoms with Crippen LogP contribution < -0.4 is 0 Å². The summed E-state index contributed by atoms with van der Waals surface area (Å²) in [6.07, 6.45) is 7.79. The van der Waals surface area contributed by atoms with E-state index >= 15 is 0 Å². The van der Waals surface area contributed by atoms with Gasteiger partial charge in [-0.1, -0.05) is 12.2 Å². The molecule has 0 aromatic heterocycles. The quantitative estimate of drug-likeness (QED) is 0.677. The minimum absolute atomic E-state index is 0.403. The molecule has 72 valence electrons. The average Bonchev–Trinajstić information content (AvgIpc) is 2.71. The second kappa shape index (κ2) is 2.86. The van der Waals surface area contributed by atoms with E-state index in [4.69, 9.17) is 0 Å². The number of hydrogen-bond acceptors (Lipinski definition) is 1. The molecule has 0 heterocycles. The van der Waals surface area contributed by atoms with Gasteiger partial charge in [0.2, 0.25) is 0 Å². The van der Waals surface area contributed by atoms with Crippen LogP contribution in [0.4, 0.5) is 0 Å². The van der Waals surface area contributed by atoms with Crippen LogP contribution in [-0.4, -0.2) is 11.1 Å². The van der Waals surface area contributed by atoms with Crippen LogP contribution in [-0.2, 0) is 4.79 Å². The van der Waals surface area contributed by atoms with E-state index < -0.39 is 11.4 Å². The van der Waals surface area contributed by atoms with Crippen LogP contribution >= 0.6 is 0 Å². The molecule has 2 atom stereocenters. The summed E-state index contributed by atoms with van der Waals surface area (Å²) in [4.78, 5) is 11.2. The summed E-state index contributed by atoms with van der Waals surface area (Å²) in [6, 6.07) is 0. The molecule has 2 rings (SSSR count). The van der Waals surface area contributed by atoms with Crippen molar-refractivity contribution in [1.29, 1.82) is 0 Å². The Morgan fingerprint density at radius 3 is 2.62 bits per heavy atom. The molecule has 0 saturated heterocycles. The Kier molecular flexibility index (Phi) is 1.94. The molecule has 2 fully saturated rings. The summed E-state index contributed by atoms with van der Waals surface area (Å²) in [5.74, 6) is 0.889. The van der Waals surface area contributed by atoms with Crippen LogP contribution in [0.25, 0.3) is 0 Å². The Morgan fingerprint density at radius 1 is 1.54 bits per heavy atom. The number of carbonyl (C=O) groups is 1. The minimum atomic E-state index is -0.585. The highest BCUT2D eigenvalue weighted by molar-refractivity contribution is 5.75. The summed E-state index contributed by atoms with van der Waals surface area (Å²) in [5.41, 5.74) is -0.403. The van der Waals surface area contributed by atoms with Crippen LogP contribution in [0, 0.1) is 17.3 Å². The fourth-order valence-electron chi connectivity index (χ4n) is 2.67. The summed E-state index contributed by atoms with van der Waals surface area (Å²) in [6.45, 7) is 1.95. The molecule has 0 bridgehead atoms. The van der Waals surface area contributed by atoms with E-state index in [1.165, 1.54) is 6.42 Å². The van der Waals surface area contributed by atoms with Crippen molar-refractivity contribution in [2.45, 2.75) is 32.6 Å². The van der Waals surface area contributed by atoms with Crippen molar-refractivity contribution >= 4 is 5.97 Å². The number of fused-ring (bicyclic) bond motifs is 1. The van der Waals surface area contributed by atoms with Gasteiger partial charge in [-0.2, -0.15) is 0 Å². The molecule has 0 spiro atoms. The summed E-state index contributed by atoms with van der Waals surface area (Å²) >= 11 is 0. The van der Waals surface area contributed by atoms with Crippen molar-refractivity contribution < 1.29 is 9.90 Å². The molecule has 2 saturated carbocycles. The molecular formula is C11H16O2. The topological polar surface area (TPSA) is 37.3 Å². The van der Waals surface area contributed by atoms with Crippen molar-refractivity contribution in [3.05, 3.63) is 12.2 Å². The zero-order valence-corrected chi connectivity index (χ0v) is 7.99. The van der Waals surface area contributed by atoms with Gasteiger partial charge in [0.05, 0.1) is 5.41 Å². The highest BCUT2D eigenvalue weighted by Crippen LogP contribution is 2.61. The van der Waals surface area contributed by atoms with E-state index in [2.05, 4.69) is 0 Å². The molecule has 0 aliphatic heterocycles. The smallest absolute Gasteiger partial charge is 0.309 e. The van der Waals surface area contributed by atoms with E-state index in [0.29, 0.717) is 0 Å². The lowest BCUT2D eigenvalue weighted by Crippen LogP contribution is -2.28. The number of hydrogen-bond donors (Lipinski definition) is 1. The van der Waals surface area contributed by atoms with Crippen LogP contribution in [0.1, 0.15) is 32.6 Å². The molecule has 2 aliphatic carbocycles. The van der Waals surface area contributed by atoms with Crippen LogP contribution in [0.15, 0.2) is 12.2 Å². The monoisotopic (exact) mass is 180 g/mol. The number of aliphatic carboxylic acids is 1. The summed E-state index contributed by atoms with van der Waals surface area (Å²) < 4.78 is 0. The first-order valence-corrected chi connectivity index (χ1v) is 5.02. The Balaban J connectivity index is 2.08. The summed E-state index contributed by atoms with van der Waals surface area (Å²) in [5, 5.41) is 9.19. The van der Waals surface area contributed by atoms with E-state index in [0.717, 1.165) is 31.1 Å². The van der Waals surface area contributed by atoms with Gasteiger partial charge in [0, 0.05) is 0 Å². The third kappa shape index (κ3) is 1.38. The molecule has 2 aliphatic rings. The molecule has 2 heteroatoms. The lowest BCUT2D eigenvalue weighted by Gasteiger charge is -2.24. The van der Waals surface area contributed by atoms with Crippen LogP contribution in [0.2, 0.25) is 0 Å². The second-order valence-corrected chi connectivity index (χ2v) is 4.52. The molecule has 2 unspecified atom stereocenters. The SMILES string of the molecule is CC=CCC1(C(=O)O)CC2CC2C1. The number of carboxylic acid groups (broad SMARTS) is 1. The second-order valence-electron chi connectivity index (χ2n) is 4.52. The summed E-state index contributed by atoms with van der Waals surface area (Å²) in [7, 11) is 0. The highest BCUT2D eigenvalue weighted by atomic mass is 16.4. The van der Waals surface area contributed by atoms with Gasteiger partial charge in [0.25, 0.3) is 0 Å². The van der Waals surface area contributed by atoms with E-state index in [-0.39, 0.29) is 0 Å². The zero-order valence-electron chi connectivity index (χ0n) is 7.99. The lowest BCUT2D eigenvalue weighted by atomic mass is 9.80. The maximum Gasteiger partial charge on any atom is 0.309 e. The first kappa shape index (κ1) is 8.79. The fourth-order valence-corrected chi connectivity index (χ4v) is 2.67. The lowest BCUT2D eigenvalue weighted by molar-refractivity contribution is -0.149. The molecule has 0 radical (unpaired) electrons. The largest absolute Gasteiger partial charge is 0.481 e. The Labute approximate surface area is 78.6 Å². The normalized spacial score (nSPS) is 42.2. The van der Waals surface area contributed by atoms with Crippen molar-refractivity contribution in [3.8, 4) is 0 Å². The van der Waals surface area contributed by atoms with Gasteiger partial charge in [-0.25, -0.2) is 0 Å². The predicted molar refractivity (Wildman–Crippen MR) is 50.3 cm³/mol. The van der Waals surface area contributed by atoms with E-state index in [9.17, 15) is 9.90 Å². The third-order valence-electron chi connectivity index (χ3n) is 3.57. The Morgan fingerprint density at radius 2 is 2.15 bits per heavy atom. The van der Waals surface area contributed by atoms with Gasteiger partial charge in [0.15, 0.2) is 0 Å². The molecule has 1 N–H and O–H groups in total. The first-order chi connectivity index (χ1) is 6.18. The average molecular weight is 180 g/mol. The van der Waals surface area contributed by atoms with Gasteiger partial charge in [-0.3, -0.25) is 4.79 Å². The molecular weight excluding hydrogens is 164 g/mol. The van der Waals surface area contributed by atoms with Crippen molar-refractivity contribution in [2.75, 3.05) is 0 Å². The molecule has 2 nitrogen and oxygen atoms in total. The van der Waals surface area contributed by atoms with Crippen molar-refractivity contribution in [1.82, 2.24) is 0 Å². The van der Waals surface area contributed by atoms with Gasteiger partial charge in [0.1, 0.15) is 0 Å². The Bertz CT molecular complexity index is 245. The van der Waals surface area contributed by atoms with Crippen molar-refractivity contribution in [3.63, 3.8) is 0 Å². The number of carboxylic acids is 1. The zero-order chi connectivity index (χ0) is 9.47. The maximum atomic E-state index is 11.2. The van der Waals surface area contributed by atoms with E-state index in [1.54, 1.807) is 0 Å². The van der Waals surface area contributed by atoms with Crippen LogP contribution in [0.5, 0.6) is 0 Å². The van der Waals surface area contributed by atoms with Crippen LogP contribution in [0.3, 0.4) is 0 Å². The van der Waals surface area contributed by atoms with Gasteiger partial charge in [-0.15, -0.1) is 0 Å². The molecule has 0 amide bonds. The number of allylic oxidation sites excluding steroid dienone is 2. The molecule has 0 aromatic rings. The van der Waals surface area contributed by atoms with E-state index in [1.807, 2.05) is 19.1 Å². The standard InChI is InChI=1S/C11H16O2/c1-2-3-4-11(10(12)13)6-8-5-9(8)7-11/h2-3,8-9H,4-7H2,1H3,(H,12,13). The number of rotatable bonds is 3. The predicted octanol–water partition coefficient (Wildman–Crippen LogP) is 2.45.